The van der Waals surface area contributed by atoms with Gasteiger partial charge in [0.1, 0.15) is 0 Å². The van der Waals surface area contributed by atoms with Crippen LogP contribution in [-0.4, -0.2) is 23.1 Å². The SMILES string of the molecule is Cc1cc(NC(=O)c2ccc(COC(C)C)cc2)ccc1C(=O)O. The van der Waals surface area contributed by atoms with E-state index in [0.717, 1.165) is 5.56 Å². The van der Waals surface area contributed by atoms with Crippen LogP contribution < -0.4 is 5.32 Å². The van der Waals surface area contributed by atoms with Gasteiger partial charge in [-0.2, -0.15) is 0 Å². The third kappa shape index (κ3) is 4.67. The molecule has 0 heterocycles. The number of anilines is 1. The Hall–Kier alpha value is -2.66. The van der Waals surface area contributed by atoms with Gasteiger partial charge in [0.15, 0.2) is 0 Å². The number of hydrogen-bond donors (Lipinski definition) is 2. The van der Waals surface area contributed by atoms with Gasteiger partial charge in [0.05, 0.1) is 18.3 Å². The van der Waals surface area contributed by atoms with Gasteiger partial charge < -0.3 is 15.2 Å². The Morgan fingerprint density at radius 3 is 2.33 bits per heavy atom. The highest BCUT2D eigenvalue weighted by Gasteiger charge is 2.10. The molecule has 0 fully saturated rings. The van der Waals surface area contributed by atoms with Crippen molar-refractivity contribution in [1.29, 1.82) is 0 Å². The summed E-state index contributed by atoms with van der Waals surface area (Å²) >= 11 is 0. The zero-order valence-electron chi connectivity index (χ0n) is 14.0. The summed E-state index contributed by atoms with van der Waals surface area (Å²) in [7, 11) is 0. The number of carbonyl (C=O) groups excluding carboxylic acids is 1. The minimum absolute atomic E-state index is 0.157. The molecule has 0 atom stereocenters. The van der Waals surface area contributed by atoms with Crippen molar-refractivity contribution >= 4 is 17.6 Å². The fourth-order valence-corrected chi connectivity index (χ4v) is 2.20. The average molecular weight is 327 g/mol. The molecule has 0 aromatic heterocycles. The third-order valence-corrected chi connectivity index (χ3v) is 3.51. The van der Waals surface area contributed by atoms with Crippen LogP contribution in [0.1, 0.15) is 45.7 Å². The number of nitrogens with one attached hydrogen (secondary N) is 1. The van der Waals surface area contributed by atoms with E-state index in [1.807, 2.05) is 26.0 Å². The second-order valence-electron chi connectivity index (χ2n) is 5.85. The van der Waals surface area contributed by atoms with E-state index in [0.29, 0.717) is 23.4 Å². The highest BCUT2D eigenvalue weighted by molar-refractivity contribution is 6.04. The van der Waals surface area contributed by atoms with Crippen LogP contribution in [0.3, 0.4) is 0 Å². The third-order valence-electron chi connectivity index (χ3n) is 3.51. The maximum absolute atomic E-state index is 12.3. The van der Waals surface area contributed by atoms with Gasteiger partial charge in [0.25, 0.3) is 5.91 Å². The largest absolute Gasteiger partial charge is 0.478 e. The molecule has 2 aromatic rings. The predicted molar refractivity (Wildman–Crippen MR) is 92.5 cm³/mol. The van der Waals surface area contributed by atoms with E-state index in [-0.39, 0.29) is 17.6 Å². The van der Waals surface area contributed by atoms with Crippen LogP contribution in [0.5, 0.6) is 0 Å². The van der Waals surface area contributed by atoms with Gasteiger partial charge in [0, 0.05) is 11.3 Å². The highest BCUT2D eigenvalue weighted by atomic mass is 16.5. The Labute approximate surface area is 141 Å². The molecular formula is C19H21NO4. The lowest BCUT2D eigenvalue weighted by atomic mass is 10.1. The molecule has 0 radical (unpaired) electrons. The smallest absolute Gasteiger partial charge is 0.335 e. The standard InChI is InChI=1S/C19H21NO4/c1-12(2)24-11-14-4-6-15(7-5-14)18(21)20-16-8-9-17(19(22)23)13(3)10-16/h4-10,12H,11H2,1-3H3,(H,20,21)(H,22,23). The molecule has 2 N–H and O–H groups in total. The van der Waals surface area contributed by atoms with Crippen molar-refractivity contribution in [2.24, 2.45) is 0 Å². The van der Waals surface area contributed by atoms with Gasteiger partial charge in [-0.05, 0) is 62.2 Å². The summed E-state index contributed by atoms with van der Waals surface area (Å²) < 4.78 is 5.52. The molecule has 2 aromatic carbocycles. The van der Waals surface area contributed by atoms with Crippen LogP contribution in [0.2, 0.25) is 0 Å². The Morgan fingerprint density at radius 2 is 1.79 bits per heavy atom. The second-order valence-corrected chi connectivity index (χ2v) is 5.85. The zero-order valence-corrected chi connectivity index (χ0v) is 14.0. The van der Waals surface area contributed by atoms with Crippen LogP contribution in [-0.2, 0) is 11.3 Å². The van der Waals surface area contributed by atoms with Crippen LogP contribution >= 0.6 is 0 Å². The fourth-order valence-electron chi connectivity index (χ4n) is 2.20. The zero-order chi connectivity index (χ0) is 17.7. The van der Waals surface area contributed by atoms with Gasteiger partial charge >= 0.3 is 5.97 Å². The average Bonchev–Trinajstić information content (AvgIpc) is 2.53. The topological polar surface area (TPSA) is 75.6 Å². The first kappa shape index (κ1) is 17.7. The van der Waals surface area contributed by atoms with Crippen LogP contribution in [0, 0.1) is 6.92 Å². The second kappa shape index (κ2) is 7.75. The van der Waals surface area contributed by atoms with E-state index >= 15 is 0 Å². The summed E-state index contributed by atoms with van der Waals surface area (Å²) in [4.78, 5) is 23.3. The number of ether oxygens (including phenoxy) is 1. The number of aryl methyl sites for hydroxylation is 1. The Kier molecular flexibility index (Phi) is 5.71. The fraction of sp³-hybridized carbons (Fsp3) is 0.263. The quantitative estimate of drug-likeness (QED) is 0.844. The van der Waals surface area contributed by atoms with Gasteiger partial charge in [-0.1, -0.05) is 12.1 Å². The summed E-state index contributed by atoms with van der Waals surface area (Å²) in [6.45, 7) is 6.15. The molecule has 0 spiro atoms. The molecule has 0 saturated heterocycles. The number of amides is 1. The van der Waals surface area contributed by atoms with Crippen molar-refractivity contribution in [2.45, 2.75) is 33.5 Å². The Morgan fingerprint density at radius 1 is 1.12 bits per heavy atom. The molecule has 0 saturated carbocycles. The lowest BCUT2D eigenvalue weighted by molar-refractivity contribution is 0.0656. The van der Waals surface area contributed by atoms with Gasteiger partial charge in [-0.15, -0.1) is 0 Å². The van der Waals surface area contributed by atoms with E-state index in [9.17, 15) is 9.59 Å². The number of carboxylic acids is 1. The summed E-state index contributed by atoms with van der Waals surface area (Å²) in [5, 5.41) is 11.8. The van der Waals surface area contributed by atoms with Crippen LogP contribution in [0.4, 0.5) is 5.69 Å². The first-order valence-electron chi connectivity index (χ1n) is 7.72. The molecule has 0 aliphatic rings. The number of hydrogen-bond acceptors (Lipinski definition) is 3. The van der Waals surface area contributed by atoms with Crippen LogP contribution in [0.25, 0.3) is 0 Å². The minimum Gasteiger partial charge on any atom is -0.478 e. The molecule has 0 unspecified atom stereocenters. The summed E-state index contributed by atoms with van der Waals surface area (Å²) in [5.41, 5.74) is 2.92. The number of benzene rings is 2. The molecule has 0 aliphatic heterocycles. The molecule has 24 heavy (non-hydrogen) atoms. The molecule has 5 heteroatoms. The molecule has 0 aliphatic carbocycles. The summed E-state index contributed by atoms with van der Waals surface area (Å²) in [5.74, 6) is -1.22. The lowest BCUT2D eigenvalue weighted by Gasteiger charge is -2.09. The van der Waals surface area contributed by atoms with E-state index in [1.165, 1.54) is 6.07 Å². The molecule has 2 rings (SSSR count). The van der Waals surface area contributed by atoms with Gasteiger partial charge in [-0.25, -0.2) is 4.79 Å². The summed E-state index contributed by atoms with van der Waals surface area (Å²) in [6.07, 6.45) is 0.157. The van der Waals surface area contributed by atoms with Crippen molar-refractivity contribution in [3.63, 3.8) is 0 Å². The van der Waals surface area contributed by atoms with E-state index in [4.69, 9.17) is 9.84 Å². The number of carbonyl (C=O) groups is 2. The molecule has 0 bridgehead atoms. The minimum atomic E-state index is -0.982. The van der Waals surface area contributed by atoms with Crippen molar-refractivity contribution < 1.29 is 19.4 Å². The molecule has 126 valence electrons. The van der Waals surface area contributed by atoms with Gasteiger partial charge in [-0.3, -0.25) is 4.79 Å². The molecular weight excluding hydrogens is 306 g/mol. The predicted octanol–water partition coefficient (Wildman–Crippen LogP) is 3.87. The molecule has 1 amide bonds. The summed E-state index contributed by atoms with van der Waals surface area (Å²) in [6, 6.07) is 11.9. The Bertz CT molecular complexity index is 736. The number of rotatable bonds is 6. The van der Waals surface area contributed by atoms with Crippen molar-refractivity contribution in [2.75, 3.05) is 5.32 Å². The number of carboxylic acid groups (broad SMARTS) is 1. The Balaban J connectivity index is 2.04. The van der Waals surface area contributed by atoms with Gasteiger partial charge in [0.2, 0.25) is 0 Å². The van der Waals surface area contributed by atoms with Crippen molar-refractivity contribution in [3.8, 4) is 0 Å². The normalized spacial score (nSPS) is 10.7. The maximum Gasteiger partial charge on any atom is 0.335 e. The maximum atomic E-state index is 12.3. The number of aromatic carboxylic acids is 1. The van der Waals surface area contributed by atoms with Crippen LogP contribution in [0.15, 0.2) is 42.5 Å². The van der Waals surface area contributed by atoms with E-state index in [2.05, 4.69) is 5.32 Å². The monoisotopic (exact) mass is 327 g/mol. The lowest BCUT2D eigenvalue weighted by Crippen LogP contribution is -2.12. The van der Waals surface area contributed by atoms with Crippen molar-refractivity contribution in [1.82, 2.24) is 0 Å². The van der Waals surface area contributed by atoms with E-state index in [1.54, 1.807) is 31.2 Å². The first-order chi connectivity index (χ1) is 11.4. The molecule has 5 nitrogen and oxygen atoms in total. The van der Waals surface area contributed by atoms with E-state index < -0.39 is 5.97 Å². The highest BCUT2D eigenvalue weighted by Crippen LogP contribution is 2.16. The first-order valence-corrected chi connectivity index (χ1v) is 7.72. The van der Waals surface area contributed by atoms with Crippen molar-refractivity contribution in [3.05, 3.63) is 64.7 Å².